The first-order valence-corrected chi connectivity index (χ1v) is 6.85. The summed E-state index contributed by atoms with van der Waals surface area (Å²) in [6.45, 7) is 1.70. The van der Waals surface area contributed by atoms with Gasteiger partial charge in [0.15, 0.2) is 11.5 Å². The Kier molecular flexibility index (Phi) is 4.77. The zero-order valence-electron chi connectivity index (χ0n) is 12.1. The second-order valence-corrected chi connectivity index (χ2v) is 5.62. The van der Waals surface area contributed by atoms with Crippen LogP contribution in [-0.4, -0.2) is 43.0 Å². The van der Waals surface area contributed by atoms with E-state index in [0.717, 1.165) is 0 Å². The molecule has 22 heavy (non-hydrogen) atoms. The number of halogens is 1. The van der Waals surface area contributed by atoms with Crippen LogP contribution in [-0.2, 0) is 9.53 Å². The van der Waals surface area contributed by atoms with Crippen molar-refractivity contribution in [1.29, 1.82) is 0 Å². The Morgan fingerprint density at radius 1 is 1.45 bits per heavy atom. The Balaban J connectivity index is 2.20. The summed E-state index contributed by atoms with van der Waals surface area (Å²) in [5.41, 5.74) is -0.789. The highest BCUT2D eigenvalue weighted by Crippen LogP contribution is 2.39. The van der Waals surface area contributed by atoms with Crippen molar-refractivity contribution in [3.05, 3.63) is 22.7 Å². The highest BCUT2D eigenvalue weighted by molar-refractivity contribution is 6.32. The Bertz CT molecular complexity index is 605. The number of hydrogen-bond acceptors (Lipinski definition) is 5. The maximum atomic E-state index is 12.4. The molecule has 0 fully saturated rings. The van der Waals surface area contributed by atoms with Crippen LogP contribution in [0.1, 0.15) is 23.7 Å². The average molecular weight is 330 g/mol. The van der Waals surface area contributed by atoms with Crippen molar-refractivity contribution in [3.8, 4) is 11.5 Å². The maximum Gasteiger partial charge on any atom is 0.305 e. The molecule has 0 spiro atoms. The van der Waals surface area contributed by atoms with E-state index in [1.54, 1.807) is 6.92 Å². The van der Waals surface area contributed by atoms with E-state index >= 15 is 0 Å². The molecule has 0 aliphatic carbocycles. The van der Waals surface area contributed by atoms with E-state index < -0.39 is 17.4 Å². The summed E-state index contributed by atoms with van der Waals surface area (Å²) in [6, 6.07) is 2.94. The van der Waals surface area contributed by atoms with Crippen molar-refractivity contribution >= 4 is 23.5 Å². The average Bonchev–Trinajstić information content (AvgIpc) is 2.86. The third kappa shape index (κ3) is 3.61. The van der Waals surface area contributed by atoms with E-state index in [4.69, 9.17) is 30.9 Å². The van der Waals surface area contributed by atoms with Gasteiger partial charge in [-0.25, -0.2) is 0 Å². The molecular weight excluding hydrogens is 314 g/mol. The normalized spacial score (nSPS) is 15.2. The highest BCUT2D eigenvalue weighted by atomic mass is 35.5. The number of nitrogens with one attached hydrogen (secondary N) is 1. The molecule has 8 heteroatoms. The number of carboxylic acid groups (broad SMARTS) is 1. The van der Waals surface area contributed by atoms with Gasteiger partial charge in [-0.3, -0.25) is 9.59 Å². The van der Waals surface area contributed by atoms with Crippen LogP contribution in [0.25, 0.3) is 0 Å². The van der Waals surface area contributed by atoms with Gasteiger partial charge in [0.25, 0.3) is 5.91 Å². The molecule has 2 N–H and O–H groups in total. The van der Waals surface area contributed by atoms with Gasteiger partial charge < -0.3 is 24.6 Å². The largest absolute Gasteiger partial charge is 0.481 e. The second kappa shape index (κ2) is 6.41. The van der Waals surface area contributed by atoms with Gasteiger partial charge in [0.2, 0.25) is 6.79 Å². The monoisotopic (exact) mass is 329 g/mol. The Labute approximate surface area is 132 Å². The number of carbonyl (C=O) groups excluding carboxylic acids is 1. The number of carboxylic acids is 1. The van der Waals surface area contributed by atoms with Gasteiger partial charge in [-0.1, -0.05) is 11.6 Å². The predicted octanol–water partition coefficient (Wildman–Crippen LogP) is 1.68. The fourth-order valence-electron chi connectivity index (χ4n) is 2.23. The van der Waals surface area contributed by atoms with Crippen molar-refractivity contribution in [2.75, 3.05) is 20.5 Å². The quantitative estimate of drug-likeness (QED) is 0.824. The first-order chi connectivity index (χ1) is 10.3. The molecule has 1 heterocycles. The van der Waals surface area contributed by atoms with Gasteiger partial charge in [-0.15, -0.1) is 0 Å². The Morgan fingerprint density at radius 3 is 2.82 bits per heavy atom. The molecule has 7 nitrogen and oxygen atoms in total. The third-order valence-electron chi connectivity index (χ3n) is 3.11. The van der Waals surface area contributed by atoms with E-state index in [9.17, 15) is 9.59 Å². The number of amides is 1. The number of aliphatic carboxylic acids is 1. The molecule has 1 aliphatic rings. The van der Waals surface area contributed by atoms with Crippen molar-refractivity contribution in [2.24, 2.45) is 0 Å². The summed E-state index contributed by atoms with van der Waals surface area (Å²) in [5.74, 6) is -0.739. The number of hydrogen-bond donors (Lipinski definition) is 2. The number of fused-ring (bicyclic) bond motifs is 1. The van der Waals surface area contributed by atoms with Crippen molar-refractivity contribution in [3.63, 3.8) is 0 Å². The second-order valence-electron chi connectivity index (χ2n) is 5.21. The lowest BCUT2D eigenvalue weighted by atomic mass is 9.98. The lowest BCUT2D eigenvalue weighted by Gasteiger charge is -2.28. The first kappa shape index (κ1) is 16.4. The number of rotatable bonds is 6. The number of carbonyl (C=O) groups is 2. The van der Waals surface area contributed by atoms with Crippen LogP contribution in [0.5, 0.6) is 11.5 Å². The molecule has 1 aliphatic heterocycles. The number of benzene rings is 1. The topological polar surface area (TPSA) is 94.1 Å². The van der Waals surface area contributed by atoms with Crippen LogP contribution in [0, 0.1) is 0 Å². The molecule has 120 valence electrons. The van der Waals surface area contributed by atoms with Crippen molar-refractivity contribution < 1.29 is 28.9 Å². The van der Waals surface area contributed by atoms with Crippen molar-refractivity contribution in [2.45, 2.75) is 18.9 Å². The molecular formula is C14H16ClNO6. The molecule has 1 atom stereocenters. The number of ether oxygens (including phenoxy) is 3. The molecule has 1 aromatic carbocycles. The van der Waals surface area contributed by atoms with E-state index in [0.29, 0.717) is 11.5 Å². The van der Waals surface area contributed by atoms with Crippen molar-refractivity contribution in [1.82, 2.24) is 5.32 Å². The van der Waals surface area contributed by atoms with Crippen LogP contribution in [0.15, 0.2) is 12.1 Å². The molecule has 1 amide bonds. The minimum absolute atomic E-state index is 0.0422. The van der Waals surface area contributed by atoms with E-state index in [-0.39, 0.29) is 30.4 Å². The summed E-state index contributed by atoms with van der Waals surface area (Å²) in [4.78, 5) is 23.3. The Hall–Kier alpha value is -1.99. The minimum Gasteiger partial charge on any atom is -0.481 e. The van der Waals surface area contributed by atoms with Crippen LogP contribution >= 0.6 is 11.6 Å². The van der Waals surface area contributed by atoms with Gasteiger partial charge in [0.1, 0.15) is 0 Å². The zero-order chi connectivity index (χ0) is 16.3. The third-order valence-corrected chi connectivity index (χ3v) is 3.39. The van der Waals surface area contributed by atoms with Gasteiger partial charge in [0.05, 0.1) is 23.6 Å². The van der Waals surface area contributed by atoms with Crippen LogP contribution in [0.4, 0.5) is 0 Å². The zero-order valence-corrected chi connectivity index (χ0v) is 12.9. The lowest BCUT2D eigenvalue weighted by Crippen LogP contribution is -2.50. The molecule has 0 bridgehead atoms. The lowest BCUT2D eigenvalue weighted by molar-refractivity contribution is -0.139. The van der Waals surface area contributed by atoms with E-state index in [1.807, 2.05) is 0 Å². The molecule has 2 rings (SSSR count). The standard InChI is InChI=1S/C14H16ClNO6/c1-14(6-20-2,5-11(17)18)16-13(19)8-3-9(15)12-10(4-8)21-7-22-12/h3-4H,5-7H2,1-2H3,(H,16,19)(H,17,18). The smallest absolute Gasteiger partial charge is 0.305 e. The maximum absolute atomic E-state index is 12.4. The van der Waals surface area contributed by atoms with Crippen LogP contribution in [0.3, 0.4) is 0 Å². The number of methoxy groups -OCH3 is 1. The molecule has 1 aromatic rings. The fraction of sp³-hybridized carbons (Fsp3) is 0.429. The molecule has 0 aromatic heterocycles. The fourth-order valence-corrected chi connectivity index (χ4v) is 2.49. The molecule has 0 saturated carbocycles. The van der Waals surface area contributed by atoms with Crippen LogP contribution < -0.4 is 14.8 Å². The van der Waals surface area contributed by atoms with Gasteiger partial charge in [0, 0.05) is 12.7 Å². The summed E-state index contributed by atoms with van der Waals surface area (Å²) < 4.78 is 15.4. The minimum atomic E-state index is -1.04. The highest BCUT2D eigenvalue weighted by Gasteiger charge is 2.31. The van der Waals surface area contributed by atoms with Gasteiger partial charge in [-0.05, 0) is 19.1 Å². The summed E-state index contributed by atoms with van der Waals surface area (Å²) in [5, 5.41) is 11.9. The predicted molar refractivity (Wildman–Crippen MR) is 77.6 cm³/mol. The summed E-state index contributed by atoms with van der Waals surface area (Å²) >= 11 is 6.03. The molecule has 1 unspecified atom stereocenters. The van der Waals surface area contributed by atoms with E-state index in [1.165, 1.54) is 19.2 Å². The molecule has 0 radical (unpaired) electrons. The molecule has 0 saturated heterocycles. The first-order valence-electron chi connectivity index (χ1n) is 6.47. The van der Waals surface area contributed by atoms with Gasteiger partial charge in [-0.2, -0.15) is 0 Å². The van der Waals surface area contributed by atoms with Crippen LogP contribution in [0.2, 0.25) is 5.02 Å². The SMILES string of the molecule is COCC(C)(CC(=O)O)NC(=O)c1cc(Cl)c2c(c1)OCO2. The van der Waals surface area contributed by atoms with E-state index in [2.05, 4.69) is 5.32 Å². The summed E-state index contributed by atoms with van der Waals surface area (Å²) in [6.07, 6.45) is -0.273. The Morgan fingerprint density at radius 2 is 2.18 bits per heavy atom. The van der Waals surface area contributed by atoms with Gasteiger partial charge >= 0.3 is 5.97 Å². The summed E-state index contributed by atoms with van der Waals surface area (Å²) in [7, 11) is 1.43.